The number of unbranched alkanes of at least 4 members (excludes halogenated alkanes) is 7. The third-order valence-corrected chi connectivity index (χ3v) is 5.00. The van der Waals surface area contributed by atoms with Gasteiger partial charge < -0.3 is 14.2 Å². The van der Waals surface area contributed by atoms with Gasteiger partial charge in [0.2, 0.25) is 11.8 Å². The molecule has 31 heavy (non-hydrogen) atoms. The van der Waals surface area contributed by atoms with E-state index in [1.807, 2.05) is 24.3 Å². The van der Waals surface area contributed by atoms with Crippen LogP contribution in [-0.4, -0.2) is 41.6 Å². The molecule has 2 rings (SSSR count). The minimum atomic E-state index is 0.544. The highest BCUT2D eigenvalue weighted by Gasteiger charge is 2.04. The summed E-state index contributed by atoms with van der Waals surface area (Å²) in [5, 5.41) is 8.42. The van der Waals surface area contributed by atoms with E-state index < -0.39 is 0 Å². The number of pyridine rings is 1. The molecule has 2 aromatic heterocycles. The maximum Gasteiger partial charge on any atom is 0.233 e. The van der Waals surface area contributed by atoms with E-state index in [4.69, 9.17) is 14.2 Å². The Hall–Kier alpha value is -2.21. The molecule has 172 valence electrons. The van der Waals surface area contributed by atoms with Crippen molar-refractivity contribution in [3.63, 3.8) is 0 Å². The molecule has 0 N–H and O–H groups in total. The average molecular weight is 430 g/mol. The van der Waals surface area contributed by atoms with Crippen LogP contribution in [0, 0.1) is 0 Å². The van der Waals surface area contributed by atoms with Crippen molar-refractivity contribution in [2.75, 3.05) is 26.4 Å². The third kappa shape index (κ3) is 11.1. The first kappa shape index (κ1) is 25.1. The van der Waals surface area contributed by atoms with Crippen molar-refractivity contribution in [1.82, 2.24) is 15.2 Å². The van der Waals surface area contributed by atoms with Crippen LogP contribution in [0.2, 0.25) is 0 Å². The molecule has 6 nitrogen and oxygen atoms in total. The lowest BCUT2D eigenvalue weighted by Crippen LogP contribution is -2.03. The standard InChI is InChI=1S/C25H39N3O3/c1-3-5-7-8-9-10-19-30-24-15-13-22(21-26-24)23-14-16-25(28-27-23)31-20-12-11-18-29-17-6-4-2/h13-16,21H,3-12,17-20H2,1-2H3. The van der Waals surface area contributed by atoms with Crippen molar-refractivity contribution in [2.45, 2.75) is 78.1 Å². The van der Waals surface area contributed by atoms with Gasteiger partial charge in [-0.05, 0) is 37.8 Å². The van der Waals surface area contributed by atoms with E-state index in [1.165, 1.54) is 38.5 Å². The van der Waals surface area contributed by atoms with E-state index in [0.29, 0.717) is 18.4 Å². The largest absolute Gasteiger partial charge is 0.478 e. The van der Waals surface area contributed by atoms with Gasteiger partial charge in [-0.3, -0.25) is 0 Å². The second-order valence-electron chi connectivity index (χ2n) is 7.78. The van der Waals surface area contributed by atoms with E-state index >= 15 is 0 Å². The third-order valence-electron chi connectivity index (χ3n) is 5.00. The smallest absolute Gasteiger partial charge is 0.233 e. The van der Waals surface area contributed by atoms with Gasteiger partial charge in [-0.15, -0.1) is 10.2 Å². The zero-order chi connectivity index (χ0) is 22.0. The second kappa shape index (κ2) is 16.5. The fourth-order valence-electron chi connectivity index (χ4n) is 3.06. The first-order valence-electron chi connectivity index (χ1n) is 12.0. The number of hydrogen-bond acceptors (Lipinski definition) is 6. The highest BCUT2D eigenvalue weighted by atomic mass is 16.5. The summed E-state index contributed by atoms with van der Waals surface area (Å²) >= 11 is 0. The predicted molar refractivity (Wildman–Crippen MR) is 125 cm³/mol. The van der Waals surface area contributed by atoms with Crippen LogP contribution in [0.25, 0.3) is 11.3 Å². The lowest BCUT2D eigenvalue weighted by molar-refractivity contribution is 0.123. The molecule has 2 heterocycles. The van der Waals surface area contributed by atoms with Crippen LogP contribution in [0.3, 0.4) is 0 Å². The molecular weight excluding hydrogens is 390 g/mol. The summed E-state index contributed by atoms with van der Waals surface area (Å²) in [7, 11) is 0. The van der Waals surface area contributed by atoms with Crippen LogP contribution in [0.4, 0.5) is 0 Å². The number of hydrogen-bond donors (Lipinski definition) is 0. The predicted octanol–water partition coefficient (Wildman–Crippen LogP) is 6.25. The van der Waals surface area contributed by atoms with Crippen molar-refractivity contribution in [1.29, 1.82) is 0 Å². The molecule has 0 amide bonds. The summed E-state index contributed by atoms with van der Waals surface area (Å²) in [4.78, 5) is 4.39. The Morgan fingerprint density at radius 3 is 1.97 bits per heavy atom. The van der Waals surface area contributed by atoms with E-state index in [1.54, 1.807) is 6.20 Å². The summed E-state index contributed by atoms with van der Waals surface area (Å²) in [6.45, 7) is 7.39. The van der Waals surface area contributed by atoms with Crippen LogP contribution in [0.15, 0.2) is 30.5 Å². The average Bonchev–Trinajstić information content (AvgIpc) is 2.81. The summed E-state index contributed by atoms with van der Waals surface area (Å²) < 4.78 is 16.9. The van der Waals surface area contributed by atoms with Crippen molar-refractivity contribution in [2.24, 2.45) is 0 Å². The fourth-order valence-corrected chi connectivity index (χ4v) is 3.06. The van der Waals surface area contributed by atoms with E-state index in [-0.39, 0.29) is 0 Å². The Labute approximate surface area is 187 Å². The molecule has 0 aliphatic rings. The van der Waals surface area contributed by atoms with Crippen LogP contribution in [0.5, 0.6) is 11.8 Å². The van der Waals surface area contributed by atoms with E-state index in [9.17, 15) is 0 Å². The Morgan fingerprint density at radius 1 is 0.613 bits per heavy atom. The van der Waals surface area contributed by atoms with Gasteiger partial charge >= 0.3 is 0 Å². The van der Waals surface area contributed by atoms with Gasteiger partial charge in [0.1, 0.15) is 0 Å². The van der Waals surface area contributed by atoms with Gasteiger partial charge in [0.25, 0.3) is 0 Å². The SMILES string of the molecule is CCCCCCCCOc1ccc(-c2ccc(OCCCCOCCCC)nn2)cn1. The van der Waals surface area contributed by atoms with Crippen molar-refractivity contribution in [3.8, 4) is 23.0 Å². The maximum absolute atomic E-state index is 5.74. The zero-order valence-corrected chi connectivity index (χ0v) is 19.4. The van der Waals surface area contributed by atoms with Gasteiger partial charge in [-0.2, -0.15) is 0 Å². The molecule has 0 atom stereocenters. The van der Waals surface area contributed by atoms with Crippen molar-refractivity contribution < 1.29 is 14.2 Å². The topological polar surface area (TPSA) is 66.4 Å². The molecule has 0 saturated carbocycles. The molecule has 0 fully saturated rings. The Bertz CT molecular complexity index is 677. The van der Waals surface area contributed by atoms with Crippen LogP contribution >= 0.6 is 0 Å². The van der Waals surface area contributed by atoms with Crippen LogP contribution in [0.1, 0.15) is 78.1 Å². The lowest BCUT2D eigenvalue weighted by atomic mass is 10.1. The molecule has 0 spiro atoms. The van der Waals surface area contributed by atoms with Gasteiger partial charge in [0.15, 0.2) is 0 Å². The quantitative estimate of drug-likeness (QED) is 0.261. The van der Waals surface area contributed by atoms with Crippen molar-refractivity contribution in [3.05, 3.63) is 30.5 Å². The second-order valence-corrected chi connectivity index (χ2v) is 7.78. The maximum atomic E-state index is 5.74. The molecule has 0 unspecified atom stereocenters. The summed E-state index contributed by atoms with van der Waals surface area (Å²) in [5.41, 5.74) is 1.68. The molecular formula is C25H39N3O3. The van der Waals surface area contributed by atoms with Gasteiger partial charge in [-0.25, -0.2) is 4.98 Å². The molecule has 6 heteroatoms. The molecule has 0 bridgehead atoms. The summed E-state index contributed by atoms with van der Waals surface area (Å²) in [5.74, 6) is 1.20. The first-order valence-corrected chi connectivity index (χ1v) is 12.0. The highest BCUT2D eigenvalue weighted by molar-refractivity contribution is 5.57. The number of nitrogens with zero attached hydrogens (tertiary/aromatic N) is 3. The zero-order valence-electron chi connectivity index (χ0n) is 19.4. The first-order chi connectivity index (χ1) is 15.3. The molecule has 2 aromatic rings. The van der Waals surface area contributed by atoms with Gasteiger partial charge in [0.05, 0.1) is 18.9 Å². The summed E-state index contributed by atoms with van der Waals surface area (Å²) in [6.07, 6.45) is 13.5. The molecule has 0 aromatic carbocycles. The molecule has 0 radical (unpaired) electrons. The Balaban J connectivity index is 1.63. The number of aromatic nitrogens is 3. The minimum absolute atomic E-state index is 0.544. The Morgan fingerprint density at radius 2 is 1.26 bits per heavy atom. The number of rotatable bonds is 18. The molecule has 0 aliphatic heterocycles. The number of ether oxygens (including phenoxy) is 3. The monoisotopic (exact) mass is 429 g/mol. The lowest BCUT2D eigenvalue weighted by Gasteiger charge is -2.07. The van der Waals surface area contributed by atoms with Crippen LogP contribution in [-0.2, 0) is 4.74 Å². The van der Waals surface area contributed by atoms with Crippen LogP contribution < -0.4 is 9.47 Å². The van der Waals surface area contributed by atoms with E-state index in [2.05, 4.69) is 29.0 Å². The highest BCUT2D eigenvalue weighted by Crippen LogP contribution is 2.19. The van der Waals surface area contributed by atoms with Gasteiger partial charge in [-0.1, -0.05) is 52.4 Å². The minimum Gasteiger partial charge on any atom is -0.478 e. The summed E-state index contributed by atoms with van der Waals surface area (Å²) in [6, 6.07) is 7.61. The Kier molecular flexibility index (Phi) is 13.3. The van der Waals surface area contributed by atoms with Crippen molar-refractivity contribution >= 4 is 0 Å². The van der Waals surface area contributed by atoms with E-state index in [0.717, 1.165) is 56.8 Å². The fraction of sp³-hybridized carbons (Fsp3) is 0.640. The molecule has 0 aliphatic carbocycles. The normalized spacial score (nSPS) is 10.9. The van der Waals surface area contributed by atoms with Gasteiger partial charge in [0, 0.05) is 37.1 Å². The molecule has 0 saturated heterocycles.